The number of aliphatic hydroxyl groups is 1. The number of carbonyl (C=O) groups excluding carboxylic acids is 1. The SMILES string of the molecule is C[C@H]1[C@@H](CN(C)CCc2ccccn2)O[C@@H](c2cccc(NC(=O)c3c(F)c(F)c(F)c(F)c3F)c2)O[C@H]1c1ccc(CO)cc1. The van der Waals surface area contributed by atoms with Gasteiger partial charge in [0, 0.05) is 48.6 Å². The number of carbonyl (C=O) groups is 1. The molecule has 0 radical (unpaired) electrons. The number of aliphatic hydroxyl groups excluding tert-OH is 1. The van der Waals surface area contributed by atoms with Crippen molar-refractivity contribution in [3.05, 3.63) is 130 Å². The number of pyridine rings is 1. The summed E-state index contributed by atoms with van der Waals surface area (Å²) in [6.07, 6.45) is 0.762. The Kier molecular flexibility index (Phi) is 10.4. The van der Waals surface area contributed by atoms with Crippen molar-refractivity contribution in [2.75, 3.05) is 25.5 Å². The van der Waals surface area contributed by atoms with Gasteiger partial charge in [0.1, 0.15) is 5.56 Å². The molecule has 1 amide bonds. The minimum Gasteiger partial charge on any atom is -0.392 e. The third-order valence-corrected chi connectivity index (χ3v) is 7.94. The minimum absolute atomic E-state index is 0.0186. The standard InChI is InChI=1S/C34H32F5N3O4/c1-19-25(17-42(2)15-13-23-7-3-4-14-40-23)45-34(46-32(19)21-11-9-20(18-43)10-12-21)22-6-5-8-24(16-22)41-33(44)26-27(35)29(37)31(39)30(38)28(26)36/h3-12,14,16,19,25,32,34,43H,13,15,17-18H2,1-2H3,(H,41,44)/t19-,25+,32+,34+/m0/s1. The second-order valence-electron chi connectivity index (χ2n) is 11.2. The van der Waals surface area contributed by atoms with E-state index >= 15 is 0 Å². The highest BCUT2D eigenvalue weighted by molar-refractivity contribution is 6.04. The van der Waals surface area contributed by atoms with E-state index in [1.165, 1.54) is 18.2 Å². The molecule has 3 aromatic carbocycles. The number of aromatic nitrogens is 1. The fourth-order valence-corrected chi connectivity index (χ4v) is 5.34. The number of amides is 1. The first-order chi connectivity index (χ1) is 22.1. The van der Waals surface area contributed by atoms with Gasteiger partial charge in [-0.1, -0.05) is 49.4 Å². The Morgan fingerprint density at radius 2 is 1.59 bits per heavy atom. The predicted octanol–water partition coefficient (Wildman–Crippen LogP) is 6.49. The normalized spacial score (nSPS) is 19.8. The highest BCUT2D eigenvalue weighted by Gasteiger charge is 2.39. The van der Waals surface area contributed by atoms with Crippen LogP contribution in [0.5, 0.6) is 0 Å². The summed E-state index contributed by atoms with van der Waals surface area (Å²) in [6, 6.07) is 19.1. The predicted molar refractivity (Wildman–Crippen MR) is 159 cm³/mol. The van der Waals surface area contributed by atoms with Crippen molar-refractivity contribution in [2.24, 2.45) is 5.92 Å². The zero-order chi connectivity index (χ0) is 33.0. The first-order valence-electron chi connectivity index (χ1n) is 14.6. The van der Waals surface area contributed by atoms with Crippen LogP contribution in [-0.2, 0) is 22.5 Å². The van der Waals surface area contributed by atoms with E-state index in [2.05, 4.69) is 15.2 Å². The lowest BCUT2D eigenvalue weighted by Crippen LogP contribution is -2.44. The Balaban J connectivity index is 1.38. The zero-order valence-corrected chi connectivity index (χ0v) is 25.0. The molecule has 242 valence electrons. The Bertz CT molecular complexity index is 1650. The Morgan fingerprint density at radius 1 is 0.891 bits per heavy atom. The molecule has 0 unspecified atom stereocenters. The lowest BCUT2D eigenvalue weighted by atomic mass is 9.90. The zero-order valence-electron chi connectivity index (χ0n) is 25.0. The summed E-state index contributed by atoms with van der Waals surface area (Å²) in [4.78, 5) is 19.2. The fourth-order valence-electron chi connectivity index (χ4n) is 5.34. The van der Waals surface area contributed by atoms with Gasteiger partial charge in [-0.05, 0) is 42.4 Å². The van der Waals surface area contributed by atoms with Crippen molar-refractivity contribution >= 4 is 11.6 Å². The molecule has 1 aromatic heterocycles. The molecule has 2 N–H and O–H groups in total. The summed E-state index contributed by atoms with van der Waals surface area (Å²) in [7, 11) is 1.98. The third kappa shape index (κ3) is 7.26. The van der Waals surface area contributed by atoms with Crippen molar-refractivity contribution in [2.45, 2.75) is 38.4 Å². The number of likely N-dealkylation sites (N-methyl/N-ethyl adjacent to an activating group) is 1. The van der Waals surface area contributed by atoms with Crippen molar-refractivity contribution in [1.82, 2.24) is 9.88 Å². The average Bonchev–Trinajstić information content (AvgIpc) is 3.07. The molecule has 1 aliphatic heterocycles. The Labute approximate surface area is 262 Å². The lowest BCUT2D eigenvalue weighted by Gasteiger charge is -2.42. The van der Waals surface area contributed by atoms with Gasteiger partial charge in [0.2, 0.25) is 5.82 Å². The molecule has 7 nitrogen and oxygen atoms in total. The van der Waals surface area contributed by atoms with E-state index in [-0.39, 0.29) is 24.3 Å². The number of nitrogens with zero attached hydrogens (tertiary/aromatic N) is 2. The molecule has 2 heterocycles. The van der Waals surface area contributed by atoms with Gasteiger partial charge >= 0.3 is 0 Å². The lowest BCUT2D eigenvalue weighted by molar-refractivity contribution is -0.275. The topological polar surface area (TPSA) is 83.9 Å². The molecule has 1 fully saturated rings. The molecule has 0 aliphatic carbocycles. The van der Waals surface area contributed by atoms with Crippen LogP contribution in [0.2, 0.25) is 0 Å². The maximum atomic E-state index is 14.3. The first kappa shape index (κ1) is 33.1. The van der Waals surface area contributed by atoms with Gasteiger partial charge in [0.25, 0.3) is 5.91 Å². The molecule has 4 aromatic rings. The summed E-state index contributed by atoms with van der Waals surface area (Å²) >= 11 is 0. The Hall–Kier alpha value is -4.23. The number of nitrogens with one attached hydrogen (secondary N) is 1. The van der Waals surface area contributed by atoms with Gasteiger partial charge in [-0.2, -0.15) is 0 Å². The molecule has 1 saturated heterocycles. The molecule has 46 heavy (non-hydrogen) atoms. The fraction of sp³-hybridized carbons (Fsp3) is 0.294. The van der Waals surface area contributed by atoms with Crippen LogP contribution in [-0.4, -0.2) is 47.1 Å². The molecule has 0 saturated carbocycles. The van der Waals surface area contributed by atoms with E-state index < -0.39 is 53.0 Å². The molecule has 0 spiro atoms. The van der Waals surface area contributed by atoms with Gasteiger partial charge in [-0.3, -0.25) is 9.78 Å². The highest BCUT2D eigenvalue weighted by Crippen LogP contribution is 2.42. The molecular formula is C34H32F5N3O4. The summed E-state index contributed by atoms with van der Waals surface area (Å²) in [5.74, 6) is -12.9. The number of halogens is 5. The van der Waals surface area contributed by atoms with Gasteiger partial charge in [0.05, 0.1) is 18.8 Å². The van der Waals surface area contributed by atoms with Gasteiger partial charge < -0.3 is 24.8 Å². The summed E-state index contributed by atoms with van der Waals surface area (Å²) in [6.45, 7) is 3.15. The second-order valence-corrected chi connectivity index (χ2v) is 11.2. The number of anilines is 1. The summed E-state index contributed by atoms with van der Waals surface area (Å²) in [5, 5.41) is 11.7. The average molecular weight is 642 g/mol. The monoisotopic (exact) mass is 641 g/mol. The largest absolute Gasteiger partial charge is 0.392 e. The first-order valence-corrected chi connectivity index (χ1v) is 14.6. The van der Waals surface area contributed by atoms with E-state index in [0.29, 0.717) is 18.7 Å². The maximum Gasteiger partial charge on any atom is 0.261 e. The van der Waals surface area contributed by atoms with E-state index in [1.807, 2.05) is 44.3 Å². The maximum absolute atomic E-state index is 14.3. The molecule has 12 heteroatoms. The van der Waals surface area contributed by atoms with Gasteiger partial charge in [-0.15, -0.1) is 0 Å². The van der Waals surface area contributed by atoms with Crippen LogP contribution in [0.1, 0.15) is 52.1 Å². The van der Waals surface area contributed by atoms with E-state index in [0.717, 1.165) is 23.2 Å². The van der Waals surface area contributed by atoms with E-state index in [9.17, 15) is 31.9 Å². The highest BCUT2D eigenvalue weighted by atomic mass is 19.2. The van der Waals surface area contributed by atoms with Gasteiger partial charge in [-0.25, -0.2) is 22.0 Å². The number of rotatable bonds is 10. The third-order valence-electron chi connectivity index (χ3n) is 7.94. The number of benzene rings is 3. The number of hydrogen-bond donors (Lipinski definition) is 2. The quantitative estimate of drug-likeness (QED) is 0.117. The van der Waals surface area contributed by atoms with Crippen LogP contribution in [0.3, 0.4) is 0 Å². The second kappa shape index (κ2) is 14.5. The molecular weight excluding hydrogens is 609 g/mol. The van der Waals surface area contributed by atoms with Crippen LogP contribution in [0.15, 0.2) is 72.9 Å². The number of ether oxygens (including phenoxy) is 2. The molecule has 5 rings (SSSR count). The van der Waals surface area contributed by atoms with Crippen LogP contribution >= 0.6 is 0 Å². The van der Waals surface area contributed by atoms with Crippen LogP contribution in [0.4, 0.5) is 27.6 Å². The van der Waals surface area contributed by atoms with Crippen LogP contribution < -0.4 is 5.32 Å². The Morgan fingerprint density at radius 3 is 2.24 bits per heavy atom. The van der Waals surface area contributed by atoms with Crippen LogP contribution in [0, 0.1) is 35.0 Å². The minimum atomic E-state index is -2.35. The molecule has 0 bridgehead atoms. The van der Waals surface area contributed by atoms with Crippen molar-refractivity contribution in [3.8, 4) is 0 Å². The summed E-state index contributed by atoms with van der Waals surface area (Å²) in [5.41, 5.74) is 1.42. The summed E-state index contributed by atoms with van der Waals surface area (Å²) < 4.78 is 82.4. The molecule has 4 atom stereocenters. The molecule has 1 aliphatic rings. The van der Waals surface area contributed by atoms with Crippen molar-refractivity contribution in [3.63, 3.8) is 0 Å². The van der Waals surface area contributed by atoms with Crippen molar-refractivity contribution in [1.29, 1.82) is 0 Å². The van der Waals surface area contributed by atoms with Crippen LogP contribution in [0.25, 0.3) is 0 Å². The van der Waals surface area contributed by atoms with E-state index in [1.54, 1.807) is 24.4 Å². The number of hydrogen-bond acceptors (Lipinski definition) is 6. The van der Waals surface area contributed by atoms with Crippen molar-refractivity contribution < 1.29 is 41.3 Å². The smallest absolute Gasteiger partial charge is 0.261 e. The van der Waals surface area contributed by atoms with E-state index in [4.69, 9.17) is 9.47 Å². The van der Waals surface area contributed by atoms with Gasteiger partial charge in [0.15, 0.2) is 29.6 Å².